The van der Waals surface area contributed by atoms with Crippen molar-refractivity contribution < 1.29 is 4.74 Å². The van der Waals surface area contributed by atoms with Crippen molar-refractivity contribution in [2.24, 2.45) is 0 Å². The van der Waals surface area contributed by atoms with E-state index in [1.165, 1.54) is 5.01 Å². The third-order valence-corrected chi connectivity index (χ3v) is 5.05. The van der Waals surface area contributed by atoms with Crippen molar-refractivity contribution in [1.82, 2.24) is 15.3 Å². The fourth-order valence-electron chi connectivity index (χ4n) is 1.76. The number of nitrogens with zero attached hydrogens (tertiary/aromatic N) is 3. The third kappa shape index (κ3) is 3.68. The minimum Gasteiger partial charge on any atom is -0.480 e. The van der Waals surface area contributed by atoms with Crippen LogP contribution >= 0.6 is 22.7 Å². The summed E-state index contributed by atoms with van der Waals surface area (Å²) in [5.41, 5.74) is 0. The van der Waals surface area contributed by atoms with Crippen molar-refractivity contribution in [3.05, 3.63) is 21.5 Å². The lowest BCUT2D eigenvalue weighted by Gasteiger charge is -2.09. The number of nitrogens with one attached hydrogen (secondary N) is 1. The van der Waals surface area contributed by atoms with Crippen LogP contribution in [-0.2, 0) is 6.54 Å². The molecule has 0 saturated carbocycles. The Kier molecular flexibility index (Phi) is 5.33. The molecular weight excluding hydrogens is 292 g/mol. The highest BCUT2D eigenvalue weighted by Crippen LogP contribution is 2.30. The zero-order chi connectivity index (χ0) is 14.5. The first kappa shape index (κ1) is 15.2. The average Bonchev–Trinajstić information content (AvgIpc) is 3.07. The summed E-state index contributed by atoms with van der Waals surface area (Å²) in [6.45, 7) is 3.84. The maximum Gasteiger partial charge on any atom is 0.230 e. The van der Waals surface area contributed by atoms with Crippen molar-refractivity contribution in [3.8, 4) is 5.88 Å². The first-order valence-electron chi connectivity index (χ1n) is 6.43. The molecule has 110 valence electrons. The van der Waals surface area contributed by atoms with Gasteiger partial charge in [0.1, 0.15) is 0 Å². The van der Waals surface area contributed by atoms with Gasteiger partial charge < -0.3 is 15.0 Å². The Morgan fingerprint density at radius 1 is 1.45 bits per heavy atom. The van der Waals surface area contributed by atoms with Crippen LogP contribution in [0.4, 0.5) is 5.13 Å². The van der Waals surface area contributed by atoms with Crippen LogP contribution in [0.15, 0.2) is 11.6 Å². The van der Waals surface area contributed by atoms with Crippen molar-refractivity contribution >= 4 is 27.8 Å². The fraction of sp³-hybridized carbons (Fsp3) is 0.538. The Labute approximate surface area is 127 Å². The van der Waals surface area contributed by atoms with Gasteiger partial charge in [0, 0.05) is 44.7 Å². The van der Waals surface area contributed by atoms with Crippen molar-refractivity contribution in [2.75, 3.05) is 32.6 Å². The van der Waals surface area contributed by atoms with E-state index in [1.54, 1.807) is 29.8 Å². The van der Waals surface area contributed by atoms with Gasteiger partial charge in [-0.1, -0.05) is 18.3 Å². The minimum absolute atomic E-state index is 0.419. The number of methoxy groups -OCH3 is 1. The monoisotopic (exact) mass is 312 g/mol. The fourth-order valence-corrected chi connectivity index (χ4v) is 3.38. The molecule has 0 aromatic carbocycles. The lowest BCUT2D eigenvalue weighted by molar-refractivity contribution is 0.394. The number of anilines is 1. The topological polar surface area (TPSA) is 50.3 Å². The molecule has 0 fully saturated rings. The molecule has 5 nitrogen and oxygen atoms in total. The summed E-state index contributed by atoms with van der Waals surface area (Å²) in [5, 5.41) is 7.60. The predicted molar refractivity (Wildman–Crippen MR) is 85.2 cm³/mol. The maximum atomic E-state index is 5.33. The second-order valence-electron chi connectivity index (χ2n) is 4.73. The Morgan fingerprint density at radius 3 is 2.85 bits per heavy atom. The molecule has 7 heteroatoms. The molecule has 0 saturated heterocycles. The Morgan fingerprint density at radius 2 is 2.25 bits per heavy atom. The molecular formula is C13H20N4OS2. The van der Waals surface area contributed by atoms with E-state index < -0.39 is 0 Å². The molecule has 0 radical (unpaired) electrons. The molecule has 1 N–H and O–H groups in total. The van der Waals surface area contributed by atoms with Gasteiger partial charge in [0.05, 0.1) is 17.0 Å². The summed E-state index contributed by atoms with van der Waals surface area (Å²) in [6.07, 6.45) is 1.85. The highest BCUT2D eigenvalue weighted by molar-refractivity contribution is 7.15. The predicted octanol–water partition coefficient (Wildman–Crippen LogP) is 2.57. The smallest absolute Gasteiger partial charge is 0.230 e. The molecule has 0 bridgehead atoms. The molecule has 0 amide bonds. The Bertz CT molecular complexity index is 524. The Hall–Kier alpha value is -1.18. The summed E-state index contributed by atoms with van der Waals surface area (Å²) in [7, 11) is 5.64. The average molecular weight is 312 g/mol. The molecule has 0 aliphatic carbocycles. The van der Waals surface area contributed by atoms with Gasteiger partial charge in [0.25, 0.3) is 0 Å². The van der Waals surface area contributed by atoms with Crippen molar-refractivity contribution in [2.45, 2.75) is 19.4 Å². The lowest BCUT2D eigenvalue weighted by atomic mass is 10.2. The van der Waals surface area contributed by atoms with Crippen LogP contribution < -0.4 is 15.0 Å². The van der Waals surface area contributed by atoms with Gasteiger partial charge in [-0.25, -0.2) is 4.98 Å². The molecule has 0 spiro atoms. The van der Waals surface area contributed by atoms with Crippen LogP contribution in [-0.4, -0.2) is 37.7 Å². The summed E-state index contributed by atoms with van der Waals surface area (Å²) in [5.74, 6) is 1.13. The molecule has 2 heterocycles. The lowest BCUT2D eigenvalue weighted by Crippen LogP contribution is -2.19. The van der Waals surface area contributed by atoms with Crippen molar-refractivity contribution in [1.29, 1.82) is 0 Å². The van der Waals surface area contributed by atoms with Gasteiger partial charge in [-0.2, -0.15) is 4.98 Å². The van der Waals surface area contributed by atoms with E-state index in [-0.39, 0.29) is 0 Å². The number of hydrogen-bond acceptors (Lipinski definition) is 7. The number of thiazole rings is 2. The van der Waals surface area contributed by atoms with Gasteiger partial charge in [0.15, 0.2) is 5.13 Å². The van der Waals surface area contributed by atoms with Gasteiger partial charge in [-0.15, -0.1) is 11.3 Å². The zero-order valence-corrected chi connectivity index (χ0v) is 13.8. The second kappa shape index (κ2) is 7.01. The van der Waals surface area contributed by atoms with Crippen LogP contribution in [0.3, 0.4) is 0 Å². The SMILES string of the molecule is COc1nc(N(C)C)sc1CNCC(C)c1nccs1. The molecule has 20 heavy (non-hydrogen) atoms. The first-order valence-corrected chi connectivity index (χ1v) is 8.12. The van der Waals surface area contributed by atoms with E-state index >= 15 is 0 Å². The van der Waals surface area contributed by atoms with Crippen LogP contribution in [0.25, 0.3) is 0 Å². The second-order valence-corrected chi connectivity index (χ2v) is 6.71. The van der Waals surface area contributed by atoms with Gasteiger partial charge in [-0.05, 0) is 0 Å². The molecule has 2 aromatic heterocycles. The van der Waals surface area contributed by atoms with Gasteiger partial charge in [0.2, 0.25) is 5.88 Å². The molecule has 2 aromatic rings. The molecule has 1 atom stereocenters. The van der Waals surface area contributed by atoms with Gasteiger partial charge >= 0.3 is 0 Å². The van der Waals surface area contributed by atoms with Crippen LogP contribution in [0.5, 0.6) is 5.88 Å². The third-order valence-electron chi connectivity index (χ3n) is 2.84. The number of rotatable bonds is 7. The van der Waals surface area contributed by atoms with Crippen molar-refractivity contribution in [3.63, 3.8) is 0 Å². The largest absolute Gasteiger partial charge is 0.480 e. The minimum atomic E-state index is 0.419. The Balaban J connectivity index is 1.90. The first-order chi connectivity index (χ1) is 9.61. The van der Waals surface area contributed by atoms with Crippen LogP contribution in [0.1, 0.15) is 22.7 Å². The molecule has 0 aliphatic heterocycles. The van der Waals surface area contributed by atoms with E-state index in [2.05, 4.69) is 22.2 Å². The van der Waals surface area contributed by atoms with Crippen LogP contribution in [0, 0.1) is 0 Å². The summed E-state index contributed by atoms with van der Waals surface area (Å²) >= 11 is 3.36. The number of hydrogen-bond donors (Lipinski definition) is 1. The number of ether oxygens (including phenoxy) is 1. The number of aromatic nitrogens is 2. The van der Waals surface area contributed by atoms with E-state index in [9.17, 15) is 0 Å². The van der Waals surface area contributed by atoms with E-state index in [4.69, 9.17) is 4.74 Å². The highest BCUT2D eigenvalue weighted by Gasteiger charge is 2.14. The molecule has 1 unspecified atom stereocenters. The molecule has 0 aliphatic rings. The standard InChI is InChI=1S/C13H20N4OS2/c1-9(12-15-5-6-19-12)7-14-8-10-11(18-4)16-13(20-10)17(2)3/h5-6,9,14H,7-8H2,1-4H3. The summed E-state index contributed by atoms with van der Waals surface area (Å²) in [4.78, 5) is 11.9. The quantitative estimate of drug-likeness (QED) is 0.851. The van der Waals surface area contributed by atoms with E-state index in [0.29, 0.717) is 11.8 Å². The van der Waals surface area contributed by atoms with E-state index in [1.807, 2.05) is 30.6 Å². The summed E-state index contributed by atoms with van der Waals surface area (Å²) in [6, 6.07) is 0. The van der Waals surface area contributed by atoms with Crippen LogP contribution in [0.2, 0.25) is 0 Å². The van der Waals surface area contributed by atoms with E-state index in [0.717, 1.165) is 23.1 Å². The highest BCUT2D eigenvalue weighted by atomic mass is 32.1. The van der Waals surface area contributed by atoms with Gasteiger partial charge in [-0.3, -0.25) is 0 Å². The summed E-state index contributed by atoms with van der Waals surface area (Å²) < 4.78 is 5.33. The molecule has 2 rings (SSSR count). The normalized spacial score (nSPS) is 12.4. The zero-order valence-electron chi connectivity index (χ0n) is 12.2. The maximum absolute atomic E-state index is 5.33.